The van der Waals surface area contributed by atoms with E-state index in [2.05, 4.69) is 13.0 Å². The number of furan rings is 1. The van der Waals surface area contributed by atoms with E-state index in [0.29, 0.717) is 5.75 Å². The average Bonchev–Trinajstić information content (AvgIpc) is 3.22. The maximum atomic E-state index is 12.8. The van der Waals surface area contributed by atoms with Crippen molar-refractivity contribution in [2.75, 3.05) is 11.5 Å². The smallest absolute Gasteiger partial charge is 0.265 e. The Kier molecular flexibility index (Phi) is 3.64. The monoisotopic (exact) mass is 357 g/mol. The predicted molar refractivity (Wildman–Crippen MR) is 106 cm³/mol. The lowest BCUT2D eigenvalue weighted by atomic mass is 10.1. The first-order valence-corrected chi connectivity index (χ1v) is 9.15. The van der Waals surface area contributed by atoms with Crippen LogP contribution in [-0.2, 0) is 11.2 Å². The van der Waals surface area contributed by atoms with Crippen molar-refractivity contribution in [3.8, 4) is 5.75 Å². The summed E-state index contributed by atoms with van der Waals surface area (Å²) in [6, 6.07) is 21.8. The quantitative estimate of drug-likeness (QED) is 0.521. The molecule has 0 saturated heterocycles. The van der Waals surface area contributed by atoms with Crippen molar-refractivity contribution in [3.05, 3.63) is 72.3 Å². The Hall–Kier alpha value is -3.27. The molecular weight excluding hydrogens is 338 g/mol. The van der Waals surface area contributed by atoms with Crippen LogP contribution < -0.4 is 9.64 Å². The van der Waals surface area contributed by atoms with Crippen LogP contribution in [0.15, 0.2) is 71.1 Å². The third-order valence-electron chi connectivity index (χ3n) is 5.19. The second-order valence-corrected chi connectivity index (χ2v) is 6.99. The van der Waals surface area contributed by atoms with E-state index in [4.69, 9.17) is 9.15 Å². The summed E-state index contributed by atoms with van der Waals surface area (Å²) >= 11 is 0. The number of ether oxygens (including phenoxy) is 1. The maximum absolute atomic E-state index is 12.8. The first kappa shape index (κ1) is 15.9. The van der Waals surface area contributed by atoms with Gasteiger partial charge in [-0.25, -0.2) is 0 Å². The van der Waals surface area contributed by atoms with Crippen molar-refractivity contribution in [3.63, 3.8) is 0 Å². The molecule has 1 amide bonds. The molecular formula is C23H19NO3. The molecule has 0 unspecified atom stereocenters. The average molecular weight is 357 g/mol. The molecule has 0 N–H and O–H groups in total. The van der Waals surface area contributed by atoms with Gasteiger partial charge in [0.05, 0.1) is 0 Å². The van der Waals surface area contributed by atoms with Gasteiger partial charge in [0.1, 0.15) is 16.9 Å². The highest BCUT2D eigenvalue weighted by atomic mass is 16.5. The lowest BCUT2D eigenvalue weighted by Crippen LogP contribution is -2.39. The van der Waals surface area contributed by atoms with Crippen molar-refractivity contribution in [1.29, 1.82) is 0 Å². The topological polar surface area (TPSA) is 42.7 Å². The fraction of sp³-hybridized carbons (Fsp3) is 0.174. The van der Waals surface area contributed by atoms with Crippen molar-refractivity contribution >= 4 is 33.5 Å². The first-order valence-electron chi connectivity index (χ1n) is 9.15. The molecule has 3 aromatic carbocycles. The molecule has 0 saturated carbocycles. The van der Waals surface area contributed by atoms with Crippen LogP contribution >= 0.6 is 0 Å². The largest absolute Gasteiger partial charge is 0.484 e. The molecule has 134 valence electrons. The molecule has 4 aromatic rings. The number of rotatable bonds is 3. The Balaban J connectivity index is 1.38. The van der Waals surface area contributed by atoms with Crippen LogP contribution in [0, 0.1) is 0 Å². The fourth-order valence-corrected chi connectivity index (χ4v) is 3.96. The number of anilines is 1. The number of amides is 1. The fourth-order valence-electron chi connectivity index (χ4n) is 3.96. The number of carbonyl (C=O) groups is 1. The molecule has 4 nitrogen and oxygen atoms in total. The van der Waals surface area contributed by atoms with Gasteiger partial charge in [0.15, 0.2) is 6.61 Å². The molecule has 0 fully saturated rings. The van der Waals surface area contributed by atoms with E-state index < -0.39 is 0 Å². The van der Waals surface area contributed by atoms with E-state index in [1.54, 1.807) is 0 Å². The molecule has 1 atom stereocenters. The summed E-state index contributed by atoms with van der Waals surface area (Å²) in [5.74, 6) is 0.645. The van der Waals surface area contributed by atoms with Gasteiger partial charge in [-0.15, -0.1) is 0 Å². The van der Waals surface area contributed by atoms with E-state index in [0.717, 1.165) is 34.0 Å². The summed E-state index contributed by atoms with van der Waals surface area (Å²) in [6.07, 6.45) is 0.884. The molecule has 4 heteroatoms. The summed E-state index contributed by atoms with van der Waals surface area (Å²) < 4.78 is 11.7. The van der Waals surface area contributed by atoms with Gasteiger partial charge in [-0.05, 0) is 49.2 Å². The number of fused-ring (bicyclic) bond motifs is 4. The lowest BCUT2D eigenvalue weighted by Gasteiger charge is -2.22. The van der Waals surface area contributed by atoms with Crippen LogP contribution in [0.25, 0.3) is 21.9 Å². The minimum absolute atomic E-state index is 0.0139. The minimum Gasteiger partial charge on any atom is -0.484 e. The third kappa shape index (κ3) is 2.65. The Bertz CT molecular complexity index is 1160. The van der Waals surface area contributed by atoms with Crippen molar-refractivity contribution in [1.82, 2.24) is 0 Å². The molecule has 0 spiro atoms. The maximum Gasteiger partial charge on any atom is 0.265 e. The van der Waals surface area contributed by atoms with Gasteiger partial charge < -0.3 is 14.1 Å². The van der Waals surface area contributed by atoms with E-state index >= 15 is 0 Å². The van der Waals surface area contributed by atoms with Gasteiger partial charge in [0, 0.05) is 22.5 Å². The van der Waals surface area contributed by atoms with Crippen molar-refractivity contribution in [2.45, 2.75) is 19.4 Å². The standard InChI is InChI=1S/C23H19NO3/c1-15-12-16-6-2-4-8-20(16)24(15)23(25)14-26-17-10-11-22-19(13-17)18-7-3-5-9-21(18)27-22/h2-11,13,15H,12,14H2,1H3/t15-/m1/s1. The van der Waals surface area contributed by atoms with Crippen molar-refractivity contribution < 1.29 is 13.9 Å². The second kappa shape index (κ2) is 6.16. The Morgan fingerprint density at radius 3 is 2.74 bits per heavy atom. The highest BCUT2D eigenvalue weighted by molar-refractivity contribution is 6.05. The number of benzene rings is 3. The van der Waals surface area contributed by atoms with Gasteiger partial charge in [-0.3, -0.25) is 4.79 Å². The van der Waals surface area contributed by atoms with E-state index in [1.165, 1.54) is 5.56 Å². The summed E-state index contributed by atoms with van der Waals surface area (Å²) in [6.45, 7) is 2.08. The van der Waals surface area contributed by atoms with Crippen LogP contribution in [0.1, 0.15) is 12.5 Å². The van der Waals surface area contributed by atoms with Gasteiger partial charge >= 0.3 is 0 Å². The summed E-state index contributed by atoms with van der Waals surface area (Å²) in [5, 5.41) is 2.04. The molecule has 1 aromatic heterocycles. The number of hydrogen-bond acceptors (Lipinski definition) is 3. The summed E-state index contributed by atoms with van der Waals surface area (Å²) in [5.41, 5.74) is 3.87. The normalized spacial score (nSPS) is 16.0. The number of nitrogens with zero attached hydrogens (tertiary/aromatic N) is 1. The van der Waals surface area contributed by atoms with Crippen LogP contribution in [0.3, 0.4) is 0 Å². The van der Waals surface area contributed by atoms with Crippen LogP contribution in [0.4, 0.5) is 5.69 Å². The zero-order valence-electron chi connectivity index (χ0n) is 15.0. The summed E-state index contributed by atoms with van der Waals surface area (Å²) in [7, 11) is 0. The Morgan fingerprint density at radius 1 is 1.04 bits per heavy atom. The third-order valence-corrected chi connectivity index (χ3v) is 5.19. The molecule has 0 radical (unpaired) electrons. The molecule has 0 aliphatic carbocycles. The Labute approximate surface area is 156 Å². The molecule has 27 heavy (non-hydrogen) atoms. The predicted octanol–water partition coefficient (Wildman–Crippen LogP) is 4.94. The zero-order chi connectivity index (χ0) is 18.4. The number of carbonyl (C=O) groups excluding carboxylic acids is 1. The van der Waals surface area contributed by atoms with Gasteiger partial charge in [-0.2, -0.15) is 0 Å². The second-order valence-electron chi connectivity index (χ2n) is 6.99. The highest BCUT2D eigenvalue weighted by Crippen LogP contribution is 2.33. The molecule has 2 heterocycles. The van der Waals surface area contributed by atoms with Gasteiger partial charge in [0.25, 0.3) is 5.91 Å². The van der Waals surface area contributed by atoms with Gasteiger partial charge in [0.2, 0.25) is 0 Å². The SMILES string of the molecule is C[C@@H]1Cc2ccccc2N1C(=O)COc1ccc2oc3ccccc3c2c1. The highest BCUT2D eigenvalue weighted by Gasteiger charge is 2.30. The van der Waals surface area contributed by atoms with Crippen LogP contribution in [-0.4, -0.2) is 18.6 Å². The van der Waals surface area contributed by atoms with Crippen molar-refractivity contribution in [2.24, 2.45) is 0 Å². The number of para-hydroxylation sites is 2. The number of hydrogen-bond donors (Lipinski definition) is 0. The summed E-state index contributed by atoms with van der Waals surface area (Å²) in [4.78, 5) is 14.6. The van der Waals surface area contributed by atoms with Crippen LogP contribution in [0.2, 0.25) is 0 Å². The van der Waals surface area contributed by atoms with E-state index in [1.807, 2.05) is 65.6 Å². The lowest BCUT2D eigenvalue weighted by molar-refractivity contribution is -0.120. The molecule has 0 bridgehead atoms. The zero-order valence-corrected chi connectivity index (χ0v) is 15.0. The van der Waals surface area contributed by atoms with E-state index in [9.17, 15) is 4.79 Å². The Morgan fingerprint density at radius 2 is 1.81 bits per heavy atom. The molecule has 1 aliphatic rings. The van der Waals surface area contributed by atoms with Crippen LogP contribution in [0.5, 0.6) is 5.75 Å². The first-order chi connectivity index (χ1) is 13.2. The molecule has 5 rings (SSSR count). The molecule has 1 aliphatic heterocycles. The minimum atomic E-state index is -0.0235. The van der Waals surface area contributed by atoms with E-state index in [-0.39, 0.29) is 18.6 Å². The van der Waals surface area contributed by atoms with Gasteiger partial charge in [-0.1, -0.05) is 36.4 Å².